The summed E-state index contributed by atoms with van der Waals surface area (Å²) in [6, 6.07) is 5.95. The van der Waals surface area contributed by atoms with Crippen LogP contribution >= 0.6 is 0 Å². The predicted octanol–water partition coefficient (Wildman–Crippen LogP) is 4.40. The van der Waals surface area contributed by atoms with E-state index in [9.17, 15) is 9.18 Å². The molecule has 1 amide bonds. The summed E-state index contributed by atoms with van der Waals surface area (Å²) >= 11 is 0. The molecule has 148 valence electrons. The minimum atomic E-state index is -0.362. The third kappa shape index (κ3) is 3.19. The molecule has 4 aliphatic carbocycles. The third-order valence-corrected chi connectivity index (χ3v) is 6.80. The first-order valence-electron chi connectivity index (χ1n) is 10.2. The van der Waals surface area contributed by atoms with Gasteiger partial charge in [-0.1, -0.05) is 11.2 Å². The standard InChI is InChI=1S/C22H25FN2O3/c1-13-19(12-27-18-4-2-3-17(23)8-18)20(25-28-13)21(26)24-22-9-14-5-15(10-22)7-16(6-14)11-22/h2-4,8,14-16H,5-7,9-12H2,1H3,(H,24,26). The normalized spacial score (nSPS) is 30.4. The van der Waals surface area contributed by atoms with Crippen LogP contribution in [0, 0.1) is 30.5 Å². The van der Waals surface area contributed by atoms with Crippen LogP contribution in [-0.2, 0) is 6.61 Å². The van der Waals surface area contributed by atoms with Crippen LogP contribution in [0.1, 0.15) is 60.3 Å². The Morgan fingerprint density at radius 1 is 1.25 bits per heavy atom. The monoisotopic (exact) mass is 384 g/mol. The fraction of sp³-hybridized carbons (Fsp3) is 0.545. The second-order valence-electron chi connectivity index (χ2n) is 8.96. The van der Waals surface area contributed by atoms with Crippen molar-refractivity contribution >= 4 is 5.91 Å². The molecule has 0 atom stereocenters. The molecular formula is C22H25FN2O3. The van der Waals surface area contributed by atoms with Gasteiger partial charge in [0.2, 0.25) is 0 Å². The summed E-state index contributed by atoms with van der Waals surface area (Å²) < 4.78 is 24.3. The zero-order valence-electron chi connectivity index (χ0n) is 16.0. The number of ether oxygens (including phenoxy) is 1. The topological polar surface area (TPSA) is 64.4 Å². The smallest absolute Gasteiger partial charge is 0.274 e. The van der Waals surface area contributed by atoms with Crippen molar-refractivity contribution < 1.29 is 18.4 Å². The second kappa shape index (κ2) is 6.61. The van der Waals surface area contributed by atoms with Crippen molar-refractivity contribution in [2.75, 3.05) is 0 Å². The van der Waals surface area contributed by atoms with Crippen molar-refractivity contribution in [3.05, 3.63) is 47.1 Å². The molecule has 0 radical (unpaired) electrons. The molecule has 1 heterocycles. The summed E-state index contributed by atoms with van der Waals surface area (Å²) in [5, 5.41) is 7.33. The van der Waals surface area contributed by atoms with E-state index in [1.165, 1.54) is 31.4 Å². The Kier molecular flexibility index (Phi) is 4.18. The van der Waals surface area contributed by atoms with E-state index >= 15 is 0 Å². The van der Waals surface area contributed by atoms with Gasteiger partial charge >= 0.3 is 0 Å². The van der Waals surface area contributed by atoms with E-state index in [-0.39, 0.29) is 29.6 Å². The number of nitrogens with one attached hydrogen (secondary N) is 1. The Morgan fingerprint density at radius 2 is 1.93 bits per heavy atom. The molecule has 1 aromatic carbocycles. The largest absolute Gasteiger partial charge is 0.489 e. The molecule has 6 rings (SSSR count). The van der Waals surface area contributed by atoms with Gasteiger partial charge in [0.15, 0.2) is 5.69 Å². The molecule has 0 spiro atoms. The summed E-state index contributed by atoms with van der Waals surface area (Å²) in [5.74, 6) is 2.67. The van der Waals surface area contributed by atoms with Crippen LogP contribution < -0.4 is 10.1 Å². The molecule has 0 saturated heterocycles. The minimum Gasteiger partial charge on any atom is -0.489 e. The maximum Gasteiger partial charge on any atom is 0.274 e. The lowest BCUT2D eigenvalue weighted by Crippen LogP contribution is -2.60. The molecule has 4 saturated carbocycles. The van der Waals surface area contributed by atoms with Crippen LogP contribution in [-0.4, -0.2) is 16.6 Å². The molecule has 4 bridgehead atoms. The average Bonchev–Trinajstić information content (AvgIpc) is 2.99. The van der Waals surface area contributed by atoms with Gasteiger partial charge in [0, 0.05) is 11.6 Å². The highest BCUT2D eigenvalue weighted by Gasteiger charge is 2.51. The van der Waals surface area contributed by atoms with Gasteiger partial charge in [0.1, 0.15) is 23.9 Å². The lowest BCUT2D eigenvalue weighted by atomic mass is 9.53. The molecule has 4 fully saturated rings. The van der Waals surface area contributed by atoms with E-state index in [4.69, 9.17) is 9.26 Å². The predicted molar refractivity (Wildman–Crippen MR) is 100 cm³/mol. The molecule has 1 aromatic heterocycles. The SMILES string of the molecule is Cc1onc(C(=O)NC23CC4CC(CC(C4)C2)C3)c1COc1cccc(F)c1. The summed E-state index contributed by atoms with van der Waals surface area (Å²) in [4.78, 5) is 13.1. The summed E-state index contributed by atoms with van der Waals surface area (Å²) in [5.41, 5.74) is 0.815. The number of carbonyl (C=O) groups is 1. The van der Waals surface area contributed by atoms with E-state index in [1.807, 2.05) is 0 Å². The van der Waals surface area contributed by atoms with Gasteiger partial charge in [-0.15, -0.1) is 0 Å². The number of amides is 1. The molecule has 28 heavy (non-hydrogen) atoms. The van der Waals surface area contributed by atoms with E-state index in [0.717, 1.165) is 37.0 Å². The number of hydrogen-bond acceptors (Lipinski definition) is 4. The molecule has 2 aromatic rings. The maximum atomic E-state index is 13.4. The first kappa shape index (κ1) is 17.7. The van der Waals surface area contributed by atoms with E-state index < -0.39 is 0 Å². The second-order valence-corrected chi connectivity index (χ2v) is 8.96. The summed E-state index contributed by atoms with van der Waals surface area (Å²) in [6.07, 6.45) is 7.21. The number of carbonyl (C=O) groups excluding carboxylic acids is 1. The third-order valence-electron chi connectivity index (χ3n) is 6.80. The van der Waals surface area contributed by atoms with Crippen LogP contribution in [0.15, 0.2) is 28.8 Å². The van der Waals surface area contributed by atoms with Crippen molar-refractivity contribution in [2.24, 2.45) is 17.8 Å². The lowest BCUT2D eigenvalue weighted by Gasteiger charge is -2.56. The van der Waals surface area contributed by atoms with Crippen LogP contribution in [0.4, 0.5) is 4.39 Å². The van der Waals surface area contributed by atoms with Crippen LogP contribution in [0.3, 0.4) is 0 Å². The lowest BCUT2D eigenvalue weighted by molar-refractivity contribution is -0.0168. The Bertz CT molecular complexity index is 872. The average molecular weight is 384 g/mol. The highest BCUT2D eigenvalue weighted by Crippen LogP contribution is 2.55. The summed E-state index contributed by atoms with van der Waals surface area (Å²) in [7, 11) is 0. The van der Waals surface area contributed by atoms with Gasteiger partial charge < -0.3 is 14.6 Å². The van der Waals surface area contributed by atoms with Crippen LogP contribution in [0.25, 0.3) is 0 Å². The highest BCUT2D eigenvalue weighted by molar-refractivity contribution is 5.94. The number of nitrogens with zero attached hydrogens (tertiary/aromatic N) is 1. The number of aromatic nitrogens is 1. The number of hydrogen-bond donors (Lipinski definition) is 1. The Balaban J connectivity index is 1.32. The molecule has 1 N–H and O–H groups in total. The first-order chi connectivity index (χ1) is 13.5. The fourth-order valence-corrected chi connectivity index (χ4v) is 6.02. The number of halogens is 1. The van der Waals surface area contributed by atoms with Gasteiger partial charge in [-0.2, -0.15) is 0 Å². The van der Waals surface area contributed by atoms with Gasteiger partial charge in [-0.3, -0.25) is 4.79 Å². The van der Waals surface area contributed by atoms with Gasteiger partial charge in [0.25, 0.3) is 5.91 Å². The number of benzene rings is 1. The zero-order chi connectivity index (χ0) is 19.3. The molecule has 4 aliphatic rings. The molecule has 0 aliphatic heterocycles. The van der Waals surface area contributed by atoms with Crippen molar-refractivity contribution in [3.63, 3.8) is 0 Å². The van der Waals surface area contributed by atoms with Gasteiger partial charge in [-0.25, -0.2) is 4.39 Å². The molecule has 0 unspecified atom stereocenters. The summed E-state index contributed by atoms with van der Waals surface area (Å²) in [6.45, 7) is 1.88. The molecule has 6 heteroatoms. The van der Waals surface area contributed by atoms with Gasteiger partial charge in [-0.05, 0) is 75.3 Å². The first-order valence-corrected chi connectivity index (χ1v) is 10.2. The van der Waals surface area contributed by atoms with E-state index in [0.29, 0.717) is 17.1 Å². The zero-order valence-corrected chi connectivity index (χ0v) is 16.0. The van der Waals surface area contributed by atoms with Crippen LogP contribution in [0.2, 0.25) is 0 Å². The minimum absolute atomic E-state index is 0.0840. The van der Waals surface area contributed by atoms with Crippen molar-refractivity contribution in [2.45, 2.75) is 57.6 Å². The number of aryl methyl sites for hydroxylation is 1. The molecule has 5 nitrogen and oxygen atoms in total. The van der Waals surface area contributed by atoms with E-state index in [1.54, 1.807) is 19.1 Å². The van der Waals surface area contributed by atoms with Crippen molar-refractivity contribution in [1.29, 1.82) is 0 Å². The fourth-order valence-electron chi connectivity index (χ4n) is 6.02. The Labute approximate surface area is 163 Å². The number of rotatable bonds is 5. The maximum absolute atomic E-state index is 13.4. The molecular weight excluding hydrogens is 359 g/mol. The van der Waals surface area contributed by atoms with Crippen molar-refractivity contribution in [1.82, 2.24) is 10.5 Å². The quantitative estimate of drug-likeness (QED) is 0.830. The van der Waals surface area contributed by atoms with Crippen molar-refractivity contribution in [3.8, 4) is 5.75 Å². The van der Waals surface area contributed by atoms with Crippen LogP contribution in [0.5, 0.6) is 5.75 Å². The van der Waals surface area contributed by atoms with Gasteiger partial charge in [0.05, 0.1) is 5.56 Å². The Morgan fingerprint density at radius 3 is 2.57 bits per heavy atom. The highest BCUT2D eigenvalue weighted by atomic mass is 19.1. The van der Waals surface area contributed by atoms with E-state index in [2.05, 4.69) is 10.5 Å². The Hall–Kier alpha value is -2.37.